The summed E-state index contributed by atoms with van der Waals surface area (Å²) in [5, 5.41) is 5.71. The second kappa shape index (κ2) is 13.1. The highest BCUT2D eigenvalue weighted by Gasteiger charge is 2.18. The van der Waals surface area contributed by atoms with E-state index < -0.39 is 11.7 Å². The molecular weight excluding hydrogens is 406 g/mol. The predicted octanol–water partition coefficient (Wildman–Crippen LogP) is 4.68. The van der Waals surface area contributed by atoms with Gasteiger partial charge < -0.3 is 20.3 Å². The predicted molar refractivity (Wildman–Crippen MR) is 128 cm³/mol. The van der Waals surface area contributed by atoms with Crippen LogP contribution in [-0.4, -0.2) is 54.1 Å². The molecule has 32 heavy (non-hydrogen) atoms. The molecule has 0 unspecified atom stereocenters. The van der Waals surface area contributed by atoms with Gasteiger partial charge in [-0.1, -0.05) is 13.8 Å². The number of carbonyl (C=O) groups excluding carboxylic acids is 3. The standard InChI is InChI=1S/C25H41N3O4/c1-8-13-28(14-9-2)23(30)21-16-18(3)15-20(17-21)22(29)26-12-10-11-19(4)27-24(31)32-25(5,6)7/h15-17,19H,8-14H2,1-7H3,(H,26,29)(H,27,31)/t19-/m0/s1. The first-order chi connectivity index (χ1) is 15.0. The third-order valence-electron chi connectivity index (χ3n) is 4.72. The van der Waals surface area contributed by atoms with Crippen LogP contribution in [0.2, 0.25) is 0 Å². The van der Waals surface area contributed by atoms with Gasteiger partial charge in [0.15, 0.2) is 0 Å². The summed E-state index contributed by atoms with van der Waals surface area (Å²) in [7, 11) is 0. The molecule has 0 aromatic heterocycles. The van der Waals surface area contributed by atoms with Crippen molar-refractivity contribution >= 4 is 17.9 Å². The molecule has 0 heterocycles. The monoisotopic (exact) mass is 447 g/mol. The largest absolute Gasteiger partial charge is 0.444 e. The third kappa shape index (κ3) is 10.2. The molecule has 2 N–H and O–H groups in total. The van der Waals surface area contributed by atoms with Gasteiger partial charge in [0.2, 0.25) is 0 Å². The summed E-state index contributed by atoms with van der Waals surface area (Å²) in [6.45, 7) is 15.3. The number of benzene rings is 1. The maximum atomic E-state index is 12.9. The Bertz CT molecular complexity index is 765. The lowest BCUT2D eigenvalue weighted by Gasteiger charge is -2.22. The number of hydrogen-bond acceptors (Lipinski definition) is 4. The maximum absolute atomic E-state index is 12.9. The third-order valence-corrected chi connectivity index (χ3v) is 4.72. The van der Waals surface area contributed by atoms with Gasteiger partial charge in [-0.25, -0.2) is 4.79 Å². The van der Waals surface area contributed by atoms with Gasteiger partial charge >= 0.3 is 6.09 Å². The van der Waals surface area contributed by atoms with Gasteiger partial charge in [0.05, 0.1) is 0 Å². The number of amides is 3. The molecule has 1 atom stereocenters. The number of hydrogen-bond donors (Lipinski definition) is 2. The van der Waals surface area contributed by atoms with E-state index in [2.05, 4.69) is 24.5 Å². The van der Waals surface area contributed by atoms with E-state index in [0.29, 0.717) is 43.6 Å². The highest BCUT2D eigenvalue weighted by Crippen LogP contribution is 2.14. The SMILES string of the molecule is CCCN(CCC)C(=O)c1cc(C)cc(C(=O)NCCC[C@H](C)NC(=O)OC(C)(C)C)c1. The van der Waals surface area contributed by atoms with Crippen molar-refractivity contribution in [1.29, 1.82) is 0 Å². The Balaban J connectivity index is 2.61. The van der Waals surface area contributed by atoms with Crippen molar-refractivity contribution in [3.8, 4) is 0 Å². The van der Waals surface area contributed by atoms with E-state index >= 15 is 0 Å². The zero-order chi connectivity index (χ0) is 24.3. The maximum Gasteiger partial charge on any atom is 0.407 e. The van der Waals surface area contributed by atoms with E-state index in [-0.39, 0.29) is 17.9 Å². The number of carbonyl (C=O) groups is 3. The van der Waals surface area contributed by atoms with Crippen molar-refractivity contribution in [3.63, 3.8) is 0 Å². The van der Waals surface area contributed by atoms with Gasteiger partial charge in [0.25, 0.3) is 11.8 Å². The van der Waals surface area contributed by atoms with E-state index in [9.17, 15) is 14.4 Å². The number of ether oxygens (including phenoxy) is 1. The van der Waals surface area contributed by atoms with Crippen molar-refractivity contribution < 1.29 is 19.1 Å². The molecule has 0 spiro atoms. The summed E-state index contributed by atoms with van der Waals surface area (Å²) >= 11 is 0. The Morgan fingerprint density at radius 3 is 2.19 bits per heavy atom. The van der Waals surface area contributed by atoms with Crippen LogP contribution < -0.4 is 10.6 Å². The van der Waals surface area contributed by atoms with E-state index in [1.165, 1.54) is 0 Å². The lowest BCUT2D eigenvalue weighted by molar-refractivity contribution is 0.0505. The molecule has 180 valence electrons. The van der Waals surface area contributed by atoms with Crippen LogP contribution in [0.1, 0.15) is 93.5 Å². The normalized spacial score (nSPS) is 12.1. The average molecular weight is 448 g/mol. The molecule has 0 saturated heterocycles. The molecule has 0 fully saturated rings. The lowest BCUT2D eigenvalue weighted by atomic mass is 10.0. The Labute approximate surface area is 193 Å². The molecule has 7 heteroatoms. The molecule has 0 saturated carbocycles. The summed E-state index contributed by atoms with van der Waals surface area (Å²) in [5.74, 6) is -0.235. The summed E-state index contributed by atoms with van der Waals surface area (Å²) in [5.41, 5.74) is 1.38. The molecule has 0 bridgehead atoms. The zero-order valence-corrected chi connectivity index (χ0v) is 20.8. The Morgan fingerprint density at radius 1 is 1.03 bits per heavy atom. The molecule has 1 aromatic rings. The highest BCUT2D eigenvalue weighted by molar-refractivity contribution is 6.00. The number of nitrogens with zero attached hydrogens (tertiary/aromatic N) is 1. The molecule has 7 nitrogen and oxygen atoms in total. The Hall–Kier alpha value is -2.57. The summed E-state index contributed by atoms with van der Waals surface area (Å²) < 4.78 is 5.25. The van der Waals surface area contributed by atoms with E-state index in [1.807, 2.05) is 45.6 Å². The van der Waals surface area contributed by atoms with E-state index in [1.54, 1.807) is 12.1 Å². The van der Waals surface area contributed by atoms with Crippen LogP contribution in [0.25, 0.3) is 0 Å². The van der Waals surface area contributed by atoms with Crippen molar-refractivity contribution in [2.24, 2.45) is 0 Å². The number of aryl methyl sites for hydroxylation is 1. The van der Waals surface area contributed by atoms with Crippen LogP contribution in [-0.2, 0) is 4.74 Å². The Morgan fingerprint density at radius 2 is 1.62 bits per heavy atom. The topological polar surface area (TPSA) is 87.7 Å². The van der Waals surface area contributed by atoms with Crippen LogP contribution in [0, 0.1) is 6.92 Å². The fourth-order valence-electron chi connectivity index (χ4n) is 3.37. The van der Waals surface area contributed by atoms with Gasteiger partial charge in [0.1, 0.15) is 5.60 Å². The van der Waals surface area contributed by atoms with Crippen LogP contribution in [0.15, 0.2) is 18.2 Å². The number of nitrogens with one attached hydrogen (secondary N) is 2. The first-order valence-electron chi connectivity index (χ1n) is 11.7. The van der Waals surface area contributed by atoms with Crippen molar-refractivity contribution in [2.45, 2.75) is 85.8 Å². The number of alkyl carbamates (subject to hydrolysis) is 1. The fourth-order valence-corrected chi connectivity index (χ4v) is 3.37. The van der Waals surface area contributed by atoms with Crippen LogP contribution >= 0.6 is 0 Å². The summed E-state index contributed by atoms with van der Waals surface area (Å²) in [6.07, 6.45) is 2.77. The van der Waals surface area contributed by atoms with Crippen molar-refractivity contribution in [2.75, 3.05) is 19.6 Å². The molecule has 1 rings (SSSR count). The van der Waals surface area contributed by atoms with Gasteiger partial charge in [-0.05, 0) is 84.1 Å². The van der Waals surface area contributed by atoms with Crippen molar-refractivity contribution in [3.05, 3.63) is 34.9 Å². The van der Waals surface area contributed by atoms with E-state index in [4.69, 9.17) is 4.74 Å². The Kier molecular flexibility index (Phi) is 11.2. The second-order valence-electron chi connectivity index (χ2n) is 9.33. The average Bonchev–Trinajstić information content (AvgIpc) is 2.68. The minimum Gasteiger partial charge on any atom is -0.444 e. The molecule has 0 radical (unpaired) electrons. The van der Waals surface area contributed by atoms with Gasteiger partial charge in [0, 0.05) is 36.8 Å². The van der Waals surface area contributed by atoms with Gasteiger partial charge in [-0.3, -0.25) is 9.59 Å². The summed E-state index contributed by atoms with van der Waals surface area (Å²) in [4.78, 5) is 39.2. The smallest absolute Gasteiger partial charge is 0.407 e. The van der Waals surface area contributed by atoms with Crippen LogP contribution in [0.5, 0.6) is 0 Å². The zero-order valence-electron chi connectivity index (χ0n) is 20.8. The number of rotatable bonds is 11. The second-order valence-corrected chi connectivity index (χ2v) is 9.33. The fraction of sp³-hybridized carbons (Fsp3) is 0.640. The lowest BCUT2D eigenvalue weighted by Crippen LogP contribution is -2.38. The minimum atomic E-state index is -0.532. The first kappa shape index (κ1) is 27.5. The van der Waals surface area contributed by atoms with E-state index in [0.717, 1.165) is 18.4 Å². The van der Waals surface area contributed by atoms with Gasteiger partial charge in [-0.2, -0.15) is 0 Å². The molecule has 0 aliphatic heterocycles. The quantitative estimate of drug-likeness (QED) is 0.482. The van der Waals surface area contributed by atoms with Gasteiger partial charge in [-0.15, -0.1) is 0 Å². The first-order valence-corrected chi connectivity index (χ1v) is 11.7. The van der Waals surface area contributed by atoms with Crippen LogP contribution in [0.4, 0.5) is 4.79 Å². The van der Waals surface area contributed by atoms with Crippen molar-refractivity contribution in [1.82, 2.24) is 15.5 Å². The molecule has 0 aliphatic carbocycles. The molecular formula is C25H41N3O4. The minimum absolute atomic E-state index is 0.0338. The summed E-state index contributed by atoms with van der Waals surface area (Å²) in [6, 6.07) is 5.24. The van der Waals surface area contributed by atoms with Crippen LogP contribution in [0.3, 0.4) is 0 Å². The molecule has 1 aromatic carbocycles. The molecule has 0 aliphatic rings. The molecule has 3 amide bonds. The highest BCUT2D eigenvalue weighted by atomic mass is 16.6.